The predicted octanol–water partition coefficient (Wildman–Crippen LogP) is 2.23. The summed E-state index contributed by atoms with van der Waals surface area (Å²) in [6.07, 6.45) is 0.984. The number of hydrogen-bond acceptors (Lipinski definition) is 3. The Kier molecular flexibility index (Phi) is 10.1. The van der Waals surface area contributed by atoms with Crippen LogP contribution in [0.1, 0.15) is 31.4 Å². The summed E-state index contributed by atoms with van der Waals surface area (Å²) in [4.78, 5) is 6.80. The number of guanidine groups is 1. The summed E-state index contributed by atoms with van der Waals surface area (Å²) in [6.45, 7) is 9.04. The minimum absolute atomic E-state index is 0.684. The van der Waals surface area contributed by atoms with E-state index < -0.39 is 0 Å². The van der Waals surface area contributed by atoms with Crippen molar-refractivity contribution in [3.05, 3.63) is 35.4 Å². The Morgan fingerprint density at radius 1 is 1.09 bits per heavy atom. The Bertz CT molecular complexity index is 443. The molecular formula is C18H32N4O. The van der Waals surface area contributed by atoms with Crippen LogP contribution in [-0.4, -0.2) is 51.3 Å². The molecule has 0 amide bonds. The maximum Gasteiger partial charge on any atom is 0.191 e. The van der Waals surface area contributed by atoms with Crippen molar-refractivity contribution in [3.8, 4) is 0 Å². The molecule has 0 aliphatic heterocycles. The molecule has 0 atom stereocenters. The summed E-state index contributed by atoms with van der Waals surface area (Å²) in [6, 6.07) is 8.66. The lowest BCUT2D eigenvalue weighted by molar-refractivity contribution is 0.145. The van der Waals surface area contributed by atoms with Gasteiger partial charge in [0.05, 0.1) is 6.54 Å². The number of benzene rings is 1. The number of aliphatic imine (C=N–C) groups is 1. The zero-order valence-electron chi connectivity index (χ0n) is 15.1. The predicted molar refractivity (Wildman–Crippen MR) is 97.8 cm³/mol. The zero-order valence-corrected chi connectivity index (χ0v) is 15.1. The molecule has 5 nitrogen and oxygen atoms in total. The lowest BCUT2D eigenvalue weighted by atomic mass is 10.1. The Hall–Kier alpha value is -1.59. The van der Waals surface area contributed by atoms with Gasteiger partial charge in [0.15, 0.2) is 5.96 Å². The second-order valence-electron chi connectivity index (χ2n) is 5.73. The fourth-order valence-electron chi connectivity index (χ4n) is 2.15. The largest absolute Gasteiger partial charge is 0.382 e. The van der Waals surface area contributed by atoms with Crippen LogP contribution in [-0.2, 0) is 17.8 Å². The van der Waals surface area contributed by atoms with E-state index in [1.54, 1.807) is 0 Å². The average Bonchev–Trinajstić information content (AvgIpc) is 2.53. The van der Waals surface area contributed by atoms with E-state index in [1.807, 2.05) is 6.92 Å². The number of nitrogens with zero attached hydrogens (tertiary/aromatic N) is 2. The first kappa shape index (κ1) is 19.5. The van der Waals surface area contributed by atoms with Crippen molar-refractivity contribution in [2.24, 2.45) is 4.99 Å². The van der Waals surface area contributed by atoms with E-state index in [0.29, 0.717) is 6.54 Å². The number of nitrogens with one attached hydrogen (secondary N) is 2. The molecule has 0 aliphatic rings. The maximum atomic E-state index is 5.34. The van der Waals surface area contributed by atoms with E-state index in [-0.39, 0.29) is 0 Å². The van der Waals surface area contributed by atoms with Crippen molar-refractivity contribution < 1.29 is 4.74 Å². The van der Waals surface area contributed by atoms with E-state index in [9.17, 15) is 0 Å². The third kappa shape index (κ3) is 9.21. The minimum atomic E-state index is 0.684. The van der Waals surface area contributed by atoms with Gasteiger partial charge in [-0.2, -0.15) is 0 Å². The van der Waals surface area contributed by atoms with Crippen LogP contribution in [0.15, 0.2) is 29.3 Å². The van der Waals surface area contributed by atoms with Gasteiger partial charge in [0, 0.05) is 32.8 Å². The summed E-state index contributed by atoms with van der Waals surface area (Å²) < 4.78 is 5.34. The lowest BCUT2D eigenvalue weighted by Crippen LogP contribution is -2.38. The first-order valence-electron chi connectivity index (χ1n) is 8.48. The molecule has 1 rings (SSSR count). The molecular weight excluding hydrogens is 288 g/mol. The normalized spacial score (nSPS) is 11.8. The Balaban J connectivity index is 2.45. The van der Waals surface area contributed by atoms with Gasteiger partial charge >= 0.3 is 0 Å². The summed E-state index contributed by atoms with van der Waals surface area (Å²) in [5.74, 6) is 0.862. The second-order valence-corrected chi connectivity index (χ2v) is 5.73. The van der Waals surface area contributed by atoms with Crippen molar-refractivity contribution in [1.29, 1.82) is 0 Å². The van der Waals surface area contributed by atoms with Gasteiger partial charge in [-0.05, 0) is 45.5 Å². The van der Waals surface area contributed by atoms with Crippen LogP contribution in [0.2, 0.25) is 0 Å². The highest BCUT2D eigenvalue weighted by atomic mass is 16.5. The summed E-state index contributed by atoms with van der Waals surface area (Å²) in [5.41, 5.74) is 2.54. The molecule has 0 radical (unpaired) electrons. The molecule has 0 saturated carbocycles. The number of ether oxygens (including phenoxy) is 1. The van der Waals surface area contributed by atoms with Gasteiger partial charge in [0.1, 0.15) is 0 Å². The van der Waals surface area contributed by atoms with Gasteiger partial charge in [-0.15, -0.1) is 0 Å². The fraction of sp³-hybridized carbons (Fsp3) is 0.611. The second kappa shape index (κ2) is 11.9. The van der Waals surface area contributed by atoms with Crippen LogP contribution >= 0.6 is 0 Å². The van der Waals surface area contributed by atoms with E-state index in [4.69, 9.17) is 4.74 Å². The Morgan fingerprint density at radius 3 is 2.39 bits per heavy atom. The van der Waals surface area contributed by atoms with E-state index in [2.05, 4.69) is 65.8 Å². The molecule has 1 aromatic carbocycles. The molecule has 130 valence electrons. The Labute approximate surface area is 141 Å². The highest BCUT2D eigenvalue weighted by Crippen LogP contribution is 2.07. The molecule has 0 unspecified atom stereocenters. The van der Waals surface area contributed by atoms with Crippen LogP contribution in [0.4, 0.5) is 0 Å². The SMILES string of the molecule is CCNC(=NCc1ccc(CN(C)C)cc1)NCCCOCC. The van der Waals surface area contributed by atoms with Crippen LogP contribution in [0.25, 0.3) is 0 Å². The van der Waals surface area contributed by atoms with Crippen molar-refractivity contribution in [1.82, 2.24) is 15.5 Å². The topological polar surface area (TPSA) is 48.9 Å². The molecule has 0 spiro atoms. The molecule has 0 aromatic heterocycles. The van der Waals surface area contributed by atoms with Crippen LogP contribution in [0.3, 0.4) is 0 Å². The molecule has 0 aliphatic carbocycles. The third-order valence-electron chi connectivity index (χ3n) is 3.25. The van der Waals surface area contributed by atoms with Gasteiger partial charge in [-0.25, -0.2) is 4.99 Å². The van der Waals surface area contributed by atoms with Crippen molar-refractivity contribution in [2.75, 3.05) is 40.4 Å². The smallest absolute Gasteiger partial charge is 0.191 e. The minimum Gasteiger partial charge on any atom is -0.382 e. The van der Waals surface area contributed by atoms with E-state index in [0.717, 1.165) is 45.2 Å². The molecule has 0 saturated heterocycles. The number of rotatable bonds is 10. The Morgan fingerprint density at radius 2 is 1.78 bits per heavy atom. The van der Waals surface area contributed by atoms with Gasteiger partial charge in [-0.1, -0.05) is 24.3 Å². The van der Waals surface area contributed by atoms with Gasteiger partial charge < -0.3 is 20.3 Å². The van der Waals surface area contributed by atoms with Crippen LogP contribution < -0.4 is 10.6 Å². The lowest BCUT2D eigenvalue weighted by Gasteiger charge is -2.12. The van der Waals surface area contributed by atoms with Gasteiger partial charge in [0.25, 0.3) is 0 Å². The van der Waals surface area contributed by atoms with Crippen LogP contribution in [0, 0.1) is 0 Å². The molecule has 5 heteroatoms. The zero-order chi connectivity index (χ0) is 16.9. The van der Waals surface area contributed by atoms with Crippen molar-refractivity contribution >= 4 is 5.96 Å². The number of hydrogen-bond donors (Lipinski definition) is 2. The van der Waals surface area contributed by atoms with E-state index >= 15 is 0 Å². The maximum absolute atomic E-state index is 5.34. The fourth-order valence-corrected chi connectivity index (χ4v) is 2.15. The third-order valence-corrected chi connectivity index (χ3v) is 3.25. The first-order valence-corrected chi connectivity index (χ1v) is 8.48. The highest BCUT2D eigenvalue weighted by molar-refractivity contribution is 5.79. The van der Waals surface area contributed by atoms with E-state index in [1.165, 1.54) is 11.1 Å². The molecule has 1 aromatic rings. The molecule has 0 fully saturated rings. The molecule has 2 N–H and O–H groups in total. The summed E-state index contributed by atoms with van der Waals surface area (Å²) in [7, 11) is 4.16. The summed E-state index contributed by atoms with van der Waals surface area (Å²) >= 11 is 0. The van der Waals surface area contributed by atoms with Gasteiger partial charge in [-0.3, -0.25) is 0 Å². The first-order chi connectivity index (χ1) is 11.2. The molecule has 23 heavy (non-hydrogen) atoms. The average molecular weight is 320 g/mol. The van der Waals surface area contributed by atoms with Gasteiger partial charge in [0.2, 0.25) is 0 Å². The molecule has 0 bridgehead atoms. The van der Waals surface area contributed by atoms with Crippen molar-refractivity contribution in [3.63, 3.8) is 0 Å². The highest BCUT2D eigenvalue weighted by Gasteiger charge is 1.99. The molecule has 0 heterocycles. The monoisotopic (exact) mass is 320 g/mol. The summed E-state index contributed by atoms with van der Waals surface area (Å²) in [5, 5.41) is 6.61. The van der Waals surface area contributed by atoms with Crippen LogP contribution in [0.5, 0.6) is 0 Å². The van der Waals surface area contributed by atoms with Crippen molar-refractivity contribution in [2.45, 2.75) is 33.4 Å². The standard InChI is InChI=1S/C18H32N4O/c1-5-19-18(20-12-7-13-23-6-2)21-14-16-8-10-17(11-9-16)15-22(3)4/h8-11H,5-7,12-15H2,1-4H3,(H2,19,20,21). The quantitative estimate of drug-likeness (QED) is 0.394.